The number of aliphatic carboxylic acids is 1. The molecule has 1 saturated heterocycles. The SMILES string of the molecule is CCCCC1NC(C)(C(=O)O)CO1. The molecule has 1 heterocycles. The van der Waals surface area contributed by atoms with Crippen molar-refractivity contribution in [3.8, 4) is 0 Å². The molecule has 0 aromatic carbocycles. The molecule has 1 aliphatic rings. The van der Waals surface area contributed by atoms with Gasteiger partial charge in [-0.25, -0.2) is 0 Å². The van der Waals surface area contributed by atoms with Gasteiger partial charge in [-0.2, -0.15) is 0 Å². The van der Waals surface area contributed by atoms with E-state index < -0.39 is 11.5 Å². The van der Waals surface area contributed by atoms with E-state index in [0.717, 1.165) is 19.3 Å². The molecular weight excluding hydrogens is 170 g/mol. The maximum absolute atomic E-state index is 10.8. The second kappa shape index (κ2) is 4.07. The lowest BCUT2D eigenvalue weighted by molar-refractivity contribution is -0.143. The number of carboxylic acids is 1. The lowest BCUT2D eigenvalue weighted by atomic mass is 10.1. The maximum atomic E-state index is 10.8. The van der Waals surface area contributed by atoms with E-state index in [1.165, 1.54) is 0 Å². The third-order valence-corrected chi connectivity index (χ3v) is 2.34. The molecule has 2 N–H and O–H groups in total. The van der Waals surface area contributed by atoms with Gasteiger partial charge in [-0.15, -0.1) is 0 Å². The fourth-order valence-electron chi connectivity index (χ4n) is 1.37. The van der Waals surface area contributed by atoms with E-state index >= 15 is 0 Å². The van der Waals surface area contributed by atoms with Gasteiger partial charge in [0.15, 0.2) is 0 Å². The summed E-state index contributed by atoms with van der Waals surface area (Å²) in [6, 6.07) is 0. The third kappa shape index (κ3) is 2.42. The molecule has 0 spiro atoms. The van der Waals surface area contributed by atoms with Crippen LogP contribution < -0.4 is 5.32 Å². The fraction of sp³-hybridized carbons (Fsp3) is 0.889. The first-order valence-electron chi connectivity index (χ1n) is 4.71. The number of rotatable bonds is 4. The molecule has 76 valence electrons. The first-order chi connectivity index (χ1) is 6.08. The van der Waals surface area contributed by atoms with Crippen LogP contribution in [0.15, 0.2) is 0 Å². The lowest BCUT2D eigenvalue weighted by Gasteiger charge is -2.17. The van der Waals surface area contributed by atoms with Gasteiger partial charge >= 0.3 is 5.97 Å². The van der Waals surface area contributed by atoms with E-state index in [1.54, 1.807) is 6.92 Å². The van der Waals surface area contributed by atoms with Crippen molar-refractivity contribution in [2.75, 3.05) is 6.61 Å². The molecule has 1 fully saturated rings. The molecule has 4 heteroatoms. The summed E-state index contributed by atoms with van der Waals surface area (Å²) < 4.78 is 5.34. The van der Waals surface area contributed by atoms with Crippen molar-refractivity contribution in [3.63, 3.8) is 0 Å². The van der Waals surface area contributed by atoms with Crippen LogP contribution in [0, 0.1) is 0 Å². The highest BCUT2D eigenvalue weighted by molar-refractivity contribution is 5.78. The van der Waals surface area contributed by atoms with Gasteiger partial charge in [0, 0.05) is 0 Å². The summed E-state index contributed by atoms with van der Waals surface area (Å²) in [7, 11) is 0. The Hall–Kier alpha value is -0.610. The quantitative estimate of drug-likeness (QED) is 0.688. The van der Waals surface area contributed by atoms with Crippen molar-refractivity contribution in [2.24, 2.45) is 0 Å². The Morgan fingerprint density at radius 1 is 1.77 bits per heavy atom. The van der Waals surface area contributed by atoms with Crippen LogP contribution in [0.2, 0.25) is 0 Å². The van der Waals surface area contributed by atoms with Crippen LogP contribution in [-0.2, 0) is 9.53 Å². The Labute approximate surface area is 78.3 Å². The van der Waals surface area contributed by atoms with Gasteiger partial charge in [-0.3, -0.25) is 10.1 Å². The molecule has 1 rings (SSSR count). The summed E-state index contributed by atoms with van der Waals surface area (Å²) in [5.41, 5.74) is -0.890. The molecule has 0 aromatic rings. The normalized spacial score (nSPS) is 33.5. The highest BCUT2D eigenvalue weighted by Crippen LogP contribution is 2.18. The summed E-state index contributed by atoms with van der Waals surface area (Å²) in [4.78, 5) is 10.8. The van der Waals surface area contributed by atoms with E-state index in [2.05, 4.69) is 12.2 Å². The zero-order valence-electron chi connectivity index (χ0n) is 8.17. The number of carbonyl (C=O) groups is 1. The van der Waals surface area contributed by atoms with E-state index in [0.29, 0.717) is 0 Å². The monoisotopic (exact) mass is 187 g/mol. The number of hydrogen-bond donors (Lipinski definition) is 2. The Bertz CT molecular complexity index is 195. The minimum absolute atomic E-state index is 0.0824. The van der Waals surface area contributed by atoms with Crippen molar-refractivity contribution >= 4 is 5.97 Å². The van der Waals surface area contributed by atoms with E-state index in [4.69, 9.17) is 9.84 Å². The van der Waals surface area contributed by atoms with Crippen molar-refractivity contribution in [3.05, 3.63) is 0 Å². The predicted octanol–water partition coefficient (Wildman–Crippen LogP) is 0.966. The van der Waals surface area contributed by atoms with Gasteiger partial charge in [0.25, 0.3) is 0 Å². The Morgan fingerprint density at radius 3 is 2.92 bits per heavy atom. The van der Waals surface area contributed by atoms with E-state index in [-0.39, 0.29) is 12.8 Å². The van der Waals surface area contributed by atoms with Crippen molar-refractivity contribution in [1.82, 2.24) is 5.32 Å². The number of nitrogens with one attached hydrogen (secondary N) is 1. The van der Waals surface area contributed by atoms with Gasteiger partial charge in [-0.1, -0.05) is 13.3 Å². The molecule has 0 amide bonds. The third-order valence-electron chi connectivity index (χ3n) is 2.34. The van der Waals surface area contributed by atoms with Gasteiger partial charge in [-0.05, 0) is 19.8 Å². The molecule has 0 bridgehead atoms. The molecule has 1 aliphatic heterocycles. The van der Waals surface area contributed by atoms with Crippen LogP contribution in [-0.4, -0.2) is 29.4 Å². The summed E-state index contributed by atoms with van der Waals surface area (Å²) in [6.45, 7) is 4.02. The average molecular weight is 187 g/mol. The van der Waals surface area contributed by atoms with Crippen LogP contribution >= 0.6 is 0 Å². The summed E-state index contributed by atoms with van der Waals surface area (Å²) in [5, 5.41) is 11.9. The Balaban J connectivity index is 2.39. The molecule has 13 heavy (non-hydrogen) atoms. The van der Waals surface area contributed by atoms with Gasteiger partial charge in [0.2, 0.25) is 0 Å². The second-order valence-electron chi connectivity index (χ2n) is 3.72. The molecule has 0 aliphatic carbocycles. The standard InChI is InChI=1S/C9H17NO3/c1-3-4-5-7-10-9(2,6-13-7)8(11)12/h7,10H,3-6H2,1-2H3,(H,11,12). The number of hydrogen-bond acceptors (Lipinski definition) is 3. The molecule has 0 saturated carbocycles. The first kappa shape index (κ1) is 10.5. The summed E-state index contributed by atoms with van der Waals surface area (Å²) in [5.74, 6) is -0.841. The Morgan fingerprint density at radius 2 is 2.46 bits per heavy atom. The number of carboxylic acid groups (broad SMARTS) is 1. The van der Waals surface area contributed by atoms with Gasteiger partial charge in [0.05, 0.1) is 6.61 Å². The molecule has 2 atom stereocenters. The van der Waals surface area contributed by atoms with Crippen molar-refractivity contribution in [2.45, 2.75) is 44.9 Å². The van der Waals surface area contributed by atoms with Crippen LogP contribution in [0.25, 0.3) is 0 Å². The maximum Gasteiger partial charge on any atom is 0.326 e. The van der Waals surface area contributed by atoms with Crippen LogP contribution in [0.4, 0.5) is 0 Å². The zero-order chi connectivity index (χ0) is 9.90. The van der Waals surface area contributed by atoms with Crippen molar-refractivity contribution in [1.29, 1.82) is 0 Å². The molecule has 0 aromatic heterocycles. The lowest BCUT2D eigenvalue weighted by Crippen LogP contribution is -2.49. The van der Waals surface area contributed by atoms with E-state index in [1.807, 2.05) is 0 Å². The van der Waals surface area contributed by atoms with Crippen LogP contribution in [0.3, 0.4) is 0 Å². The zero-order valence-corrected chi connectivity index (χ0v) is 8.17. The number of unbranched alkanes of at least 4 members (excludes halogenated alkanes) is 1. The fourth-order valence-corrected chi connectivity index (χ4v) is 1.37. The summed E-state index contributed by atoms with van der Waals surface area (Å²) in [6.07, 6.45) is 2.97. The first-order valence-corrected chi connectivity index (χ1v) is 4.71. The molecule has 2 unspecified atom stereocenters. The molecule has 0 radical (unpaired) electrons. The van der Waals surface area contributed by atoms with Crippen LogP contribution in [0.5, 0.6) is 0 Å². The summed E-state index contributed by atoms with van der Waals surface area (Å²) >= 11 is 0. The van der Waals surface area contributed by atoms with Gasteiger partial charge < -0.3 is 9.84 Å². The molecular formula is C9H17NO3. The van der Waals surface area contributed by atoms with Crippen LogP contribution in [0.1, 0.15) is 33.1 Å². The highest BCUT2D eigenvalue weighted by atomic mass is 16.5. The Kier molecular flexibility index (Phi) is 3.27. The smallest absolute Gasteiger partial charge is 0.326 e. The minimum Gasteiger partial charge on any atom is -0.480 e. The topological polar surface area (TPSA) is 58.6 Å². The average Bonchev–Trinajstić information content (AvgIpc) is 2.45. The van der Waals surface area contributed by atoms with Gasteiger partial charge in [0.1, 0.15) is 11.8 Å². The second-order valence-corrected chi connectivity index (χ2v) is 3.72. The largest absolute Gasteiger partial charge is 0.480 e. The highest BCUT2D eigenvalue weighted by Gasteiger charge is 2.41. The number of ether oxygens (including phenoxy) is 1. The predicted molar refractivity (Wildman–Crippen MR) is 48.4 cm³/mol. The minimum atomic E-state index is -0.890. The van der Waals surface area contributed by atoms with E-state index in [9.17, 15) is 4.79 Å². The molecule has 4 nitrogen and oxygen atoms in total. The van der Waals surface area contributed by atoms with Crippen molar-refractivity contribution < 1.29 is 14.6 Å².